The molecule has 1 aromatic carbocycles. The predicted octanol–water partition coefficient (Wildman–Crippen LogP) is 4.83. The molecule has 0 aliphatic rings. The standard InChI is InChI=1S/C22H15F3N2O3/c1-12-11-14(9-10-26-12)19(28)17-16-8-7-13-5-3-4-6-15(13)27(16)20(22(23,24)25)18(17)21(29)30-2/h3-11H,1-2H3. The molecule has 0 atom stereocenters. The maximum Gasteiger partial charge on any atom is 0.432 e. The lowest BCUT2D eigenvalue weighted by Crippen LogP contribution is -2.17. The fourth-order valence-corrected chi connectivity index (χ4v) is 3.63. The summed E-state index contributed by atoms with van der Waals surface area (Å²) in [5.41, 5.74) is -1.56. The van der Waals surface area contributed by atoms with Crippen LogP contribution in [0, 0.1) is 6.92 Å². The molecule has 4 aromatic rings. The van der Waals surface area contributed by atoms with Crippen LogP contribution in [0.3, 0.4) is 0 Å². The second-order valence-electron chi connectivity index (χ2n) is 6.72. The van der Waals surface area contributed by atoms with Crippen LogP contribution in [0.15, 0.2) is 54.7 Å². The van der Waals surface area contributed by atoms with Gasteiger partial charge in [0.2, 0.25) is 0 Å². The van der Waals surface area contributed by atoms with Crippen molar-refractivity contribution in [3.63, 3.8) is 0 Å². The Labute approximate surface area is 168 Å². The highest BCUT2D eigenvalue weighted by Gasteiger charge is 2.43. The summed E-state index contributed by atoms with van der Waals surface area (Å²) in [4.78, 5) is 29.8. The SMILES string of the molecule is COC(=O)c1c(C(=O)c2ccnc(C)c2)c2ccc3ccccc3n2c1C(F)(F)F. The highest BCUT2D eigenvalue weighted by molar-refractivity contribution is 6.20. The number of carbonyl (C=O) groups is 2. The monoisotopic (exact) mass is 412 g/mol. The highest BCUT2D eigenvalue weighted by atomic mass is 19.4. The van der Waals surface area contributed by atoms with Crippen LogP contribution in [-0.2, 0) is 10.9 Å². The van der Waals surface area contributed by atoms with Crippen molar-refractivity contribution in [2.24, 2.45) is 0 Å². The number of alkyl halides is 3. The molecule has 0 radical (unpaired) electrons. The molecule has 0 saturated carbocycles. The van der Waals surface area contributed by atoms with Gasteiger partial charge >= 0.3 is 12.1 Å². The van der Waals surface area contributed by atoms with Crippen molar-refractivity contribution in [1.82, 2.24) is 9.38 Å². The lowest BCUT2D eigenvalue weighted by Gasteiger charge is -2.11. The van der Waals surface area contributed by atoms with Crippen LogP contribution in [0.2, 0.25) is 0 Å². The predicted molar refractivity (Wildman–Crippen MR) is 104 cm³/mol. The number of rotatable bonds is 3. The number of aromatic nitrogens is 2. The zero-order chi connectivity index (χ0) is 21.6. The lowest BCUT2D eigenvalue weighted by molar-refractivity contribution is -0.142. The summed E-state index contributed by atoms with van der Waals surface area (Å²) in [7, 11) is 0.980. The molecular weight excluding hydrogens is 397 g/mol. The van der Waals surface area contributed by atoms with Gasteiger partial charge in [-0.1, -0.05) is 24.3 Å². The first-order chi connectivity index (χ1) is 14.2. The van der Waals surface area contributed by atoms with Crippen molar-refractivity contribution in [2.45, 2.75) is 13.1 Å². The zero-order valence-corrected chi connectivity index (χ0v) is 15.9. The number of fused-ring (bicyclic) bond motifs is 3. The van der Waals surface area contributed by atoms with E-state index in [1.165, 1.54) is 30.5 Å². The van der Waals surface area contributed by atoms with E-state index in [2.05, 4.69) is 9.72 Å². The molecule has 4 rings (SSSR count). The highest BCUT2D eigenvalue weighted by Crippen LogP contribution is 2.40. The summed E-state index contributed by atoms with van der Waals surface area (Å²) in [6.45, 7) is 1.66. The number of pyridine rings is 2. The van der Waals surface area contributed by atoms with Crippen molar-refractivity contribution < 1.29 is 27.5 Å². The number of hydrogen-bond donors (Lipinski definition) is 0. The van der Waals surface area contributed by atoms with Crippen LogP contribution in [0.1, 0.15) is 37.7 Å². The Bertz CT molecular complexity index is 1320. The summed E-state index contributed by atoms with van der Waals surface area (Å²) in [6.07, 6.45) is -3.53. The zero-order valence-electron chi connectivity index (χ0n) is 15.9. The third kappa shape index (κ3) is 3.01. The van der Waals surface area contributed by atoms with Crippen molar-refractivity contribution >= 4 is 28.2 Å². The van der Waals surface area contributed by atoms with Gasteiger partial charge in [-0.05, 0) is 36.6 Å². The van der Waals surface area contributed by atoms with E-state index >= 15 is 0 Å². The average Bonchev–Trinajstić information content (AvgIpc) is 3.08. The van der Waals surface area contributed by atoms with E-state index in [1.807, 2.05) is 0 Å². The van der Waals surface area contributed by atoms with Gasteiger partial charge in [-0.25, -0.2) is 4.79 Å². The maximum atomic E-state index is 14.2. The van der Waals surface area contributed by atoms with Crippen LogP contribution in [0.25, 0.3) is 16.4 Å². The maximum absolute atomic E-state index is 14.2. The smallest absolute Gasteiger partial charge is 0.432 e. The van der Waals surface area contributed by atoms with E-state index in [0.717, 1.165) is 11.5 Å². The van der Waals surface area contributed by atoms with Gasteiger partial charge in [0, 0.05) is 17.5 Å². The van der Waals surface area contributed by atoms with Crippen LogP contribution in [-0.4, -0.2) is 28.2 Å². The molecular formula is C22H15F3N2O3. The number of halogens is 3. The molecule has 0 bridgehead atoms. The summed E-state index contributed by atoms with van der Waals surface area (Å²) >= 11 is 0. The summed E-state index contributed by atoms with van der Waals surface area (Å²) in [5, 5.41) is 0.528. The average molecular weight is 412 g/mol. The van der Waals surface area contributed by atoms with Gasteiger partial charge in [0.05, 0.1) is 23.7 Å². The molecule has 0 aliphatic carbocycles. The fourth-order valence-electron chi connectivity index (χ4n) is 3.63. The third-order valence-corrected chi connectivity index (χ3v) is 4.85. The number of para-hydroxylation sites is 1. The number of aryl methyl sites for hydroxylation is 1. The van der Waals surface area contributed by atoms with Crippen LogP contribution in [0.5, 0.6) is 0 Å². The summed E-state index contributed by atoms with van der Waals surface area (Å²) in [6, 6.07) is 12.3. The number of carbonyl (C=O) groups excluding carboxylic acids is 2. The van der Waals surface area contributed by atoms with E-state index < -0.39 is 29.2 Å². The minimum absolute atomic E-state index is 0.0270. The van der Waals surface area contributed by atoms with E-state index in [0.29, 0.717) is 11.1 Å². The topological polar surface area (TPSA) is 60.7 Å². The van der Waals surface area contributed by atoms with Gasteiger partial charge in [0.15, 0.2) is 5.78 Å². The van der Waals surface area contributed by atoms with Crippen LogP contribution < -0.4 is 0 Å². The van der Waals surface area contributed by atoms with Crippen LogP contribution >= 0.6 is 0 Å². The van der Waals surface area contributed by atoms with Gasteiger partial charge in [-0.2, -0.15) is 13.2 Å². The molecule has 0 spiro atoms. The number of esters is 1. The van der Waals surface area contributed by atoms with Gasteiger partial charge in [0.25, 0.3) is 0 Å². The first-order valence-corrected chi connectivity index (χ1v) is 8.93. The fraction of sp³-hybridized carbons (Fsp3) is 0.136. The van der Waals surface area contributed by atoms with Crippen molar-refractivity contribution in [2.75, 3.05) is 7.11 Å². The quantitative estimate of drug-likeness (QED) is 0.357. The molecule has 0 fully saturated rings. The second-order valence-corrected chi connectivity index (χ2v) is 6.72. The normalized spacial score (nSPS) is 11.8. The summed E-state index contributed by atoms with van der Waals surface area (Å²) in [5.74, 6) is -1.95. The van der Waals surface area contributed by atoms with Crippen molar-refractivity contribution in [1.29, 1.82) is 0 Å². The lowest BCUT2D eigenvalue weighted by atomic mass is 9.99. The minimum atomic E-state index is -4.91. The second kappa shape index (κ2) is 6.98. The molecule has 0 saturated heterocycles. The van der Waals surface area contributed by atoms with Gasteiger partial charge in [-0.3, -0.25) is 9.78 Å². The molecule has 5 nitrogen and oxygen atoms in total. The number of ketones is 1. The first kappa shape index (κ1) is 19.6. The Hall–Kier alpha value is -3.68. The molecule has 30 heavy (non-hydrogen) atoms. The van der Waals surface area contributed by atoms with E-state index in [1.54, 1.807) is 31.2 Å². The van der Waals surface area contributed by atoms with Crippen molar-refractivity contribution in [3.8, 4) is 0 Å². The Morgan fingerprint density at radius 1 is 1.00 bits per heavy atom. The largest absolute Gasteiger partial charge is 0.465 e. The molecule has 152 valence electrons. The minimum Gasteiger partial charge on any atom is -0.465 e. The van der Waals surface area contributed by atoms with Crippen LogP contribution in [0.4, 0.5) is 13.2 Å². The molecule has 0 unspecified atom stereocenters. The Morgan fingerprint density at radius 3 is 2.40 bits per heavy atom. The number of ether oxygens (including phenoxy) is 1. The molecule has 3 heterocycles. The Morgan fingerprint density at radius 2 is 1.73 bits per heavy atom. The molecule has 0 amide bonds. The molecule has 8 heteroatoms. The molecule has 3 aromatic heterocycles. The first-order valence-electron chi connectivity index (χ1n) is 8.93. The third-order valence-electron chi connectivity index (χ3n) is 4.85. The van der Waals surface area contributed by atoms with Gasteiger partial charge < -0.3 is 9.14 Å². The van der Waals surface area contributed by atoms with E-state index in [-0.39, 0.29) is 22.2 Å². The van der Waals surface area contributed by atoms with E-state index in [9.17, 15) is 22.8 Å². The Kier molecular flexibility index (Phi) is 4.57. The molecule has 0 aliphatic heterocycles. The van der Waals surface area contributed by atoms with Gasteiger partial charge in [0.1, 0.15) is 11.3 Å². The number of methoxy groups -OCH3 is 1. The van der Waals surface area contributed by atoms with E-state index in [4.69, 9.17) is 0 Å². The molecule has 0 N–H and O–H groups in total. The van der Waals surface area contributed by atoms with Gasteiger partial charge in [-0.15, -0.1) is 0 Å². The number of nitrogens with zero attached hydrogens (tertiary/aromatic N) is 2. The Balaban J connectivity index is 2.20. The number of benzene rings is 1. The number of hydrogen-bond acceptors (Lipinski definition) is 4. The van der Waals surface area contributed by atoms with Crippen molar-refractivity contribution in [3.05, 3.63) is 82.8 Å². The summed E-state index contributed by atoms with van der Waals surface area (Å²) < 4.78 is 48.1.